The van der Waals surface area contributed by atoms with Crippen molar-refractivity contribution >= 4 is 0 Å². The molecule has 108 valence electrons. The Morgan fingerprint density at radius 2 is 2.35 bits per heavy atom. The highest BCUT2D eigenvalue weighted by atomic mass is 16.5. The van der Waals surface area contributed by atoms with Gasteiger partial charge in [0.25, 0.3) is 0 Å². The number of hydrogen-bond donors (Lipinski definition) is 2. The van der Waals surface area contributed by atoms with Gasteiger partial charge in [0.15, 0.2) is 5.82 Å². The Hall–Kier alpha value is -1.92. The van der Waals surface area contributed by atoms with Crippen LogP contribution >= 0.6 is 0 Å². The molecule has 0 fully saturated rings. The first-order chi connectivity index (χ1) is 9.78. The standard InChI is InChI=1S/C14H19N3O3/c1-2-11-4-3-5-13(6-11)19-9-12(18)7-15-8-14-16-10-20-17-14/h3-6,10,12,15,18H,2,7-9H2,1H3. The molecule has 0 aliphatic rings. The Labute approximate surface area is 117 Å². The lowest BCUT2D eigenvalue weighted by molar-refractivity contribution is 0.106. The van der Waals surface area contributed by atoms with Gasteiger partial charge in [-0.25, -0.2) is 0 Å². The van der Waals surface area contributed by atoms with Gasteiger partial charge in [-0.05, 0) is 24.1 Å². The van der Waals surface area contributed by atoms with E-state index in [0.29, 0.717) is 18.9 Å². The van der Waals surface area contributed by atoms with E-state index in [0.717, 1.165) is 12.2 Å². The van der Waals surface area contributed by atoms with E-state index < -0.39 is 6.10 Å². The molecule has 0 saturated heterocycles. The second-order valence-corrected chi connectivity index (χ2v) is 4.44. The van der Waals surface area contributed by atoms with Gasteiger partial charge in [0.2, 0.25) is 6.39 Å². The second-order valence-electron chi connectivity index (χ2n) is 4.44. The Morgan fingerprint density at radius 1 is 1.45 bits per heavy atom. The number of hydrogen-bond acceptors (Lipinski definition) is 6. The summed E-state index contributed by atoms with van der Waals surface area (Å²) in [6, 6.07) is 7.88. The van der Waals surface area contributed by atoms with Crippen molar-refractivity contribution in [2.45, 2.75) is 26.0 Å². The molecule has 1 aromatic carbocycles. The number of ether oxygens (including phenoxy) is 1. The van der Waals surface area contributed by atoms with Gasteiger partial charge >= 0.3 is 0 Å². The number of benzene rings is 1. The van der Waals surface area contributed by atoms with Gasteiger partial charge in [0.1, 0.15) is 18.5 Å². The minimum Gasteiger partial charge on any atom is -0.491 e. The molecule has 1 aromatic heterocycles. The third-order valence-corrected chi connectivity index (χ3v) is 2.82. The molecule has 1 heterocycles. The van der Waals surface area contributed by atoms with Crippen molar-refractivity contribution in [2.24, 2.45) is 0 Å². The maximum Gasteiger partial charge on any atom is 0.213 e. The van der Waals surface area contributed by atoms with Crippen LogP contribution in [0.3, 0.4) is 0 Å². The van der Waals surface area contributed by atoms with Crippen LogP contribution in [0.15, 0.2) is 35.2 Å². The van der Waals surface area contributed by atoms with Crippen LogP contribution in [0.1, 0.15) is 18.3 Å². The van der Waals surface area contributed by atoms with Crippen molar-refractivity contribution in [3.63, 3.8) is 0 Å². The molecule has 0 spiro atoms. The molecule has 1 atom stereocenters. The van der Waals surface area contributed by atoms with Gasteiger partial charge in [0, 0.05) is 6.54 Å². The Morgan fingerprint density at radius 3 is 3.10 bits per heavy atom. The Bertz CT molecular complexity index is 502. The number of nitrogens with zero attached hydrogens (tertiary/aromatic N) is 2. The van der Waals surface area contributed by atoms with E-state index in [1.807, 2.05) is 18.2 Å². The van der Waals surface area contributed by atoms with Crippen molar-refractivity contribution in [2.75, 3.05) is 13.2 Å². The number of aliphatic hydroxyl groups is 1. The van der Waals surface area contributed by atoms with E-state index in [4.69, 9.17) is 4.74 Å². The molecule has 0 aliphatic heterocycles. The number of aromatic nitrogens is 2. The van der Waals surface area contributed by atoms with Crippen LogP contribution < -0.4 is 10.1 Å². The molecule has 0 saturated carbocycles. The molecule has 0 radical (unpaired) electrons. The Balaban J connectivity index is 1.67. The van der Waals surface area contributed by atoms with Crippen molar-refractivity contribution in [3.8, 4) is 5.75 Å². The lowest BCUT2D eigenvalue weighted by atomic mass is 10.2. The summed E-state index contributed by atoms with van der Waals surface area (Å²) in [5, 5.41) is 16.5. The van der Waals surface area contributed by atoms with Crippen LogP contribution in [0.5, 0.6) is 5.75 Å². The minimum atomic E-state index is -0.591. The number of aliphatic hydroxyl groups excluding tert-OH is 1. The smallest absolute Gasteiger partial charge is 0.213 e. The van der Waals surface area contributed by atoms with E-state index in [1.165, 1.54) is 12.0 Å². The topological polar surface area (TPSA) is 80.4 Å². The molecule has 6 heteroatoms. The summed E-state index contributed by atoms with van der Waals surface area (Å²) in [6.07, 6.45) is 1.65. The predicted molar refractivity (Wildman–Crippen MR) is 73.3 cm³/mol. The van der Waals surface area contributed by atoms with E-state index in [-0.39, 0.29) is 6.61 Å². The van der Waals surface area contributed by atoms with Crippen LogP contribution in [0, 0.1) is 0 Å². The van der Waals surface area contributed by atoms with E-state index in [1.54, 1.807) is 0 Å². The number of aryl methyl sites for hydroxylation is 1. The van der Waals surface area contributed by atoms with Gasteiger partial charge in [-0.15, -0.1) is 0 Å². The van der Waals surface area contributed by atoms with Gasteiger partial charge in [0.05, 0.1) is 6.54 Å². The second kappa shape index (κ2) is 7.62. The molecule has 2 N–H and O–H groups in total. The summed E-state index contributed by atoms with van der Waals surface area (Å²) in [4.78, 5) is 3.87. The molecule has 0 aliphatic carbocycles. The third-order valence-electron chi connectivity index (χ3n) is 2.82. The maximum absolute atomic E-state index is 9.81. The zero-order chi connectivity index (χ0) is 14.2. The normalized spacial score (nSPS) is 12.3. The van der Waals surface area contributed by atoms with Crippen LogP contribution in [0.2, 0.25) is 0 Å². The lowest BCUT2D eigenvalue weighted by Gasteiger charge is -2.13. The highest BCUT2D eigenvalue weighted by molar-refractivity contribution is 5.28. The summed E-state index contributed by atoms with van der Waals surface area (Å²) in [7, 11) is 0. The zero-order valence-corrected chi connectivity index (χ0v) is 11.5. The number of nitrogens with one attached hydrogen (secondary N) is 1. The predicted octanol–water partition coefficient (Wildman–Crippen LogP) is 1.16. The van der Waals surface area contributed by atoms with E-state index in [2.05, 4.69) is 33.0 Å². The third kappa shape index (κ3) is 4.64. The zero-order valence-electron chi connectivity index (χ0n) is 11.5. The van der Waals surface area contributed by atoms with Gasteiger partial charge in [-0.3, -0.25) is 0 Å². The minimum absolute atomic E-state index is 0.242. The molecule has 6 nitrogen and oxygen atoms in total. The van der Waals surface area contributed by atoms with Crippen LogP contribution in [0.4, 0.5) is 0 Å². The van der Waals surface area contributed by atoms with Crippen molar-refractivity contribution in [1.29, 1.82) is 0 Å². The highest BCUT2D eigenvalue weighted by Gasteiger charge is 2.06. The summed E-state index contributed by atoms with van der Waals surface area (Å²) < 4.78 is 10.2. The van der Waals surface area contributed by atoms with Crippen molar-refractivity contribution in [1.82, 2.24) is 15.5 Å². The maximum atomic E-state index is 9.81. The van der Waals surface area contributed by atoms with E-state index in [9.17, 15) is 5.11 Å². The summed E-state index contributed by atoms with van der Waals surface area (Å²) >= 11 is 0. The van der Waals surface area contributed by atoms with E-state index >= 15 is 0 Å². The first-order valence-electron chi connectivity index (χ1n) is 6.63. The lowest BCUT2D eigenvalue weighted by Crippen LogP contribution is -2.31. The average Bonchev–Trinajstić information content (AvgIpc) is 2.98. The van der Waals surface area contributed by atoms with Crippen LogP contribution in [-0.2, 0) is 13.0 Å². The highest BCUT2D eigenvalue weighted by Crippen LogP contribution is 2.13. The fraction of sp³-hybridized carbons (Fsp3) is 0.429. The summed E-state index contributed by atoms with van der Waals surface area (Å²) in [6.45, 7) is 3.20. The molecule has 0 bridgehead atoms. The van der Waals surface area contributed by atoms with Gasteiger partial charge in [-0.2, -0.15) is 4.98 Å². The number of rotatable bonds is 8. The van der Waals surface area contributed by atoms with Crippen molar-refractivity contribution < 1.29 is 14.4 Å². The SMILES string of the molecule is CCc1cccc(OCC(O)CNCc2ncon2)c1. The van der Waals surface area contributed by atoms with Crippen LogP contribution in [0.25, 0.3) is 0 Å². The molecule has 1 unspecified atom stereocenters. The largest absolute Gasteiger partial charge is 0.491 e. The quantitative estimate of drug-likeness (QED) is 0.753. The molecule has 2 aromatic rings. The Kier molecular flexibility index (Phi) is 5.52. The average molecular weight is 277 g/mol. The molecule has 20 heavy (non-hydrogen) atoms. The molecule has 0 amide bonds. The monoisotopic (exact) mass is 277 g/mol. The van der Waals surface area contributed by atoms with Crippen LogP contribution in [-0.4, -0.2) is 34.5 Å². The van der Waals surface area contributed by atoms with Gasteiger partial charge in [-0.1, -0.05) is 24.2 Å². The molecule has 2 rings (SSSR count). The molecular weight excluding hydrogens is 258 g/mol. The van der Waals surface area contributed by atoms with Crippen molar-refractivity contribution in [3.05, 3.63) is 42.0 Å². The first-order valence-corrected chi connectivity index (χ1v) is 6.63. The fourth-order valence-electron chi connectivity index (χ4n) is 1.73. The first kappa shape index (κ1) is 14.5. The summed E-state index contributed by atoms with van der Waals surface area (Å²) in [5.41, 5.74) is 1.22. The fourth-order valence-corrected chi connectivity index (χ4v) is 1.73. The van der Waals surface area contributed by atoms with Gasteiger partial charge < -0.3 is 19.7 Å². The summed E-state index contributed by atoms with van der Waals surface area (Å²) in [5.74, 6) is 1.34. The molecular formula is C14H19N3O3.